The van der Waals surface area contributed by atoms with Gasteiger partial charge in [0.2, 0.25) is 0 Å². The van der Waals surface area contributed by atoms with Gasteiger partial charge in [0.1, 0.15) is 11.9 Å². The van der Waals surface area contributed by atoms with Crippen LogP contribution in [0.15, 0.2) is 18.2 Å². The number of hydrogen-bond acceptors (Lipinski definition) is 3. The molecule has 0 fully saturated rings. The summed E-state index contributed by atoms with van der Waals surface area (Å²) in [6, 6.07) is 0.554. The van der Waals surface area contributed by atoms with Gasteiger partial charge in [-0.05, 0) is 30.5 Å². The van der Waals surface area contributed by atoms with Gasteiger partial charge in [0.15, 0.2) is 0 Å². The Morgan fingerprint density at radius 3 is 1.71 bits per heavy atom. The zero-order valence-corrected chi connectivity index (χ0v) is 23.4. The number of ether oxygens (including phenoxy) is 1. The summed E-state index contributed by atoms with van der Waals surface area (Å²) in [5.74, 6) is -3.14. The quantitative estimate of drug-likeness (QED) is 0.101. The highest BCUT2D eigenvalue weighted by molar-refractivity contribution is 5.97. The molecule has 0 aliphatic carbocycles. The summed E-state index contributed by atoms with van der Waals surface area (Å²) in [5, 5.41) is 2.40. The van der Waals surface area contributed by atoms with Crippen LogP contribution in [0.5, 0.6) is 0 Å². The lowest BCUT2D eigenvalue weighted by atomic mass is 10.0. The molecule has 1 N–H and O–H groups in total. The van der Waals surface area contributed by atoms with Crippen LogP contribution in [0, 0.1) is 11.7 Å². The summed E-state index contributed by atoms with van der Waals surface area (Å²) >= 11 is 0. The van der Waals surface area contributed by atoms with Crippen LogP contribution in [0.25, 0.3) is 0 Å². The molecule has 1 unspecified atom stereocenters. The molecule has 0 radical (unpaired) electrons. The van der Waals surface area contributed by atoms with Gasteiger partial charge in [-0.15, -0.1) is 0 Å². The van der Waals surface area contributed by atoms with Gasteiger partial charge in [-0.25, -0.2) is 9.18 Å². The molecule has 0 spiro atoms. The Labute approximate surface area is 226 Å². The summed E-state index contributed by atoms with van der Waals surface area (Å²) in [7, 11) is 0. The Balaban J connectivity index is 2.23. The fourth-order valence-electron chi connectivity index (χ4n) is 4.34. The van der Waals surface area contributed by atoms with Crippen molar-refractivity contribution >= 4 is 11.9 Å². The second-order valence-corrected chi connectivity index (χ2v) is 10.5. The first-order chi connectivity index (χ1) is 18.1. The number of benzene rings is 1. The molecule has 8 heteroatoms. The Kier molecular flexibility index (Phi) is 17.0. The normalized spacial score (nSPS) is 12.5. The largest absolute Gasteiger partial charge is 0.464 e. The molecule has 0 heterocycles. The molecule has 218 valence electrons. The Bertz CT molecular complexity index is 811. The molecule has 38 heavy (non-hydrogen) atoms. The number of carbonyl (C=O) groups excluding carboxylic acids is 2. The number of carbonyl (C=O) groups is 2. The molecule has 1 amide bonds. The zero-order chi connectivity index (χ0) is 28.4. The maximum absolute atomic E-state index is 13.6. The van der Waals surface area contributed by atoms with Gasteiger partial charge in [-0.1, -0.05) is 111 Å². The van der Waals surface area contributed by atoms with Crippen molar-refractivity contribution in [2.45, 2.75) is 129 Å². The topological polar surface area (TPSA) is 55.4 Å². The third kappa shape index (κ3) is 14.7. The lowest BCUT2D eigenvalue weighted by molar-refractivity contribution is -0.147. The predicted molar refractivity (Wildman–Crippen MR) is 143 cm³/mol. The second-order valence-electron chi connectivity index (χ2n) is 10.5. The first-order valence-corrected chi connectivity index (χ1v) is 14.4. The number of unbranched alkanes of at least 4 members (excludes halogenated alkanes) is 14. The number of nitrogens with one attached hydrogen (secondary N) is 1. The number of halogens is 4. The summed E-state index contributed by atoms with van der Waals surface area (Å²) in [6.45, 7) is 5.83. The third-order valence-electron chi connectivity index (χ3n) is 6.69. The second kappa shape index (κ2) is 19.0. The van der Waals surface area contributed by atoms with Gasteiger partial charge in [0, 0.05) is 5.56 Å². The van der Waals surface area contributed by atoms with E-state index in [0.717, 1.165) is 19.3 Å². The Morgan fingerprint density at radius 2 is 1.26 bits per heavy atom. The maximum atomic E-state index is 13.6. The van der Waals surface area contributed by atoms with Crippen molar-refractivity contribution in [3.8, 4) is 0 Å². The van der Waals surface area contributed by atoms with Crippen LogP contribution in [0.3, 0.4) is 0 Å². The number of esters is 1. The van der Waals surface area contributed by atoms with Crippen molar-refractivity contribution in [3.63, 3.8) is 0 Å². The van der Waals surface area contributed by atoms with E-state index in [1.54, 1.807) is 13.8 Å². The molecule has 1 rings (SSSR count). The van der Waals surface area contributed by atoms with E-state index < -0.39 is 41.0 Å². The molecule has 4 nitrogen and oxygen atoms in total. The molecule has 1 aromatic carbocycles. The average Bonchev–Trinajstić information content (AvgIpc) is 2.85. The smallest absolute Gasteiger partial charge is 0.416 e. The Hall–Kier alpha value is -2.12. The molecule has 0 aliphatic rings. The van der Waals surface area contributed by atoms with Crippen molar-refractivity contribution in [2.24, 2.45) is 5.92 Å². The number of amides is 1. The molecule has 1 aromatic rings. The number of rotatable bonds is 20. The SMILES string of the molecule is CCCCCCCCCCCCCCCCCOC(=O)C(NC(=O)c1cc(F)cc(C(F)(F)F)c1)C(C)C. The fourth-order valence-corrected chi connectivity index (χ4v) is 4.34. The van der Waals surface area contributed by atoms with E-state index in [4.69, 9.17) is 4.74 Å². The van der Waals surface area contributed by atoms with Gasteiger partial charge >= 0.3 is 12.1 Å². The first kappa shape index (κ1) is 33.9. The van der Waals surface area contributed by atoms with E-state index in [0.29, 0.717) is 24.6 Å². The number of hydrogen-bond donors (Lipinski definition) is 1. The van der Waals surface area contributed by atoms with Gasteiger partial charge in [-0.3, -0.25) is 4.79 Å². The van der Waals surface area contributed by atoms with E-state index in [-0.39, 0.29) is 12.5 Å². The van der Waals surface area contributed by atoms with Gasteiger partial charge in [-0.2, -0.15) is 13.2 Å². The molecule has 0 bridgehead atoms. The third-order valence-corrected chi connectivity index (χ3v) is 6.69. The highest BCUT2D eigenvalue weighted by Crippen LogP contribution is 2.30. The van der Waals surface area contributed by atoms with Crippen LogP contribution in [0.1, 0.15) is 133 Å². The predicted octanol–water partition coefficient (Wildman–Crippen LogP) is 9.01. The van der Waals surface area contributed by atoms with Crippen LogP contribution in [0.2, 0.25) is 0 Å². The molecular weight excluding hydrogens is 498 g/mol. The van der Waals surface area contributed by atoms with Gasteiger partial charge in [0.05, 0.1) is 12.2 Å². The first-order valence-electron chi connectivity index (χ1n) is 14.4. The van der Waals surface area contributed by atoms with Crippen molar-refractivity contribution in [2.75, 3.05) is 6.61 Å². The highest BCUT2D eigenvalue weighted by atomic mass is 19.4. The lowest BCUT2D eigenvalue weighted by Crippen LogP contribution is -2.45. The summed E-state index contributed by atoms with van der Waals surface area (Å²) in [6.07, 6.45) is 13.6. The summed E-state index contributed by atoms with van der Waals surface area (Å²) in [5.41, 5.74) is -1.77. The van der Waals surface area contributed by atoms with Crippen molar-refractivity contribution in [1.82, 2.24) is 5.32 Å². The molecular formula is C30H47F4NO3. The molecule has 0 saturated carbocycles. The van der Waals surface area contributed by atoms with Crippen molar-refractivity contribution in [3.05, 3.63) is 35.1 Å². The molecule has 0 aromatic heterocycles. The number of alkyl halides is 3. The van der Waals surface area contributed by atoms with E-state index in [2.05, 4.69) is 12.2 Å². The minimum Gasteiger partial charge on any atom is -0.464 e. The monoisotopic (exact) mass is 545 g/mol. The van der Waals surface area contributed by atoms with Gasteiger partial charge in [0.25, 0.3) is 5.91 Å². The van der Waals surface area contributed by atoms with Crippen LogP contribution < -0.4 is 5.32 Å². The van der Waals surface area contributed by atoms with Crippen LogP contribution in [0.4, 0.5) is 17.6 Å². The van der Waals surface area contributed by atoms with E-state index in [1.807, 2.05) is 0 Å². The highest BCUT2D eigenvalue weighted by Gasteiger charge is 2.33. The minimum absolute atomic E-state index is 0.217. The standard InChI is InChI=1S/C30H47F4NO3/c1-4-5-6-7-8-9-10-11-12-13-14-15-16-17-18-19-38-29(37)27(23(2)3)35-28(36)24-20-25(30(32,33)34)22-26(31)21-24/h20-23,27H,4-19H2,1-3H3,(H,35,36). The van der Waals surface area contributed by atoms with Crippen LogP contribution in [-0.2, 0) is 15.7 Å². The van der Waals surface area contributed by atoms with Crippen molar-refractivity contribution in [1.29, 1.82) is 0 Å². The van der Waals surface area contributed by atoms with Gasteiger partial charge < -0.3 is 10.1 Å². The molecule has 1 atom stereocenters. The van der Waals surface area contributed by atoms with Crippen molar-refractivity contribution < 1.29 is 31.9 Å². The summed E-state index contributed by atoms with van der Waals surface area (Å²) in [4.78, 5) is 25.0. The molecule has 0 saturated heterocycles. The zero-order valence-electron chi connectivity index (χ0n) is 23.4. The van der Waals surface area contributed by atoms with E-state index >= 15 is 0 Å². The lowest BCUT2D eigenvalue weighted by Gasteiger charge is -2.21. The molecule has 0 aliphatic heterocycles. The van der Waals surface area contributed by atoms with Crippen LogP contribution in [-0.4, -0.2) is 24.5 Å². The Morgan fingerprint density at radius 1 is 0.789 bits per heavy atom. The fraction of sp³-hybridized carbons (Fsp3) is 0.733. The minimum atomic E-state index is -4.79. The maximum Gasteiger partial charge on any atom is 0.416 e. The average molecular weight is 546 g/mol. The summed E-state index contributed by atoms with van der Waals surface area (Å²) < 4.78 is 57.8. The van der Waals surface area contributed by atoms with E-state index in [1.165, 1.54) is 70.6 Å². The van der Waals surface area contributed by atoms with Crippen LogP contribution >= 0.6 is 0 Å². The van der Waals surface area contributed by atoms with E-state index in [9.17, 15) is 27.2 Å².